The summed E-state index contributed by atoms with van der Waals surface area (Å²) >= 11 is 0. The highest BCUT2D eigenvalue weighted by atomic mass is 31.7. The van der Waals surface area contributed by atoms with Gasteiger partial charge in [-0.1, -0.05) is 6.92 Å². The summed E-state index contributed by atoms with van der Waals surface area (Å²) in [6, 6.07) is 0. The van der Waals surface area contributed by atoms with Crippen molar-refractivity contribution >= 4 is 15.9 Å². The van der Waals surface area contributed by atoms with E-state index in [1.807, 2.05) is 0 Å². The molecule has 0 aromatic carbocycles. The van der Waals surface area contributed by atoms with E-state index in [1.54, 1.807) is 0 Å². The molecule has 0 amide bonds. The van der Waals surface area contributed by atoms with Gasteiger partial charge in [-0.05, 0) is 21.2 Å². The average Bonchev–Trinajstić information content (AvgIpc) is 2.14. The highest BCUT2D eigenvalue weighted by Crippen LogP contribution is 2.36. The van der Waals surface area contributed by atoms with Crippen LogP contribution in [0, 0.1) is 0 Å². The van der Waals surface area contributed by atoms with Crippen LogP contribution in [-0.2, 0) is 0 Å². The van der Waals surface area contributed by atoms with Crippen LogP contribution in [0.25, 0.3) is 0 Å². The maximum absolute atomic E-state index is 4.23. The van der Waals surface area contributed by atoms with Crippen molar-refractivity contribution in [1.29, 1.82) is 0 Å². The lowest BCUT2D eigenvalue weighted by molar-refractivity contribution is 1.09. The van der Waals surface area contributed by atoms with Crippen LogP contribution in [0.4, 0.5) is 0 Å². The van der Waals surface area contributed by atoms with E-state index in [1.165, 1.54) is 33.3 Å². The third kappa shape index (κ3) is 1.10. The van der Waals surface area contributed by atoms with Crippen LogP contribution in [-0.4, -0.2) is 0 Å². The zero-order chi connectivity index (χ0) is 5.98. The molecule has 0 aromatic rings. The molecule has 1 aliphatic rings. The molecule has 0 saturated carbocycles. The molecule has 0 N–H and O–H groups in total. The molecule has 3 heteroatoms. The minimum Gasteiger partial charge on any atom is -0.227 e. The van der Waals surface area contributed by atoms with Gasteiger partial charge in [-0.25, -0.2) is 5.09 Å². The zero-order valence-electron chi connectivity index (χ0n) is 5.05. The predicted molar refractivity (Wildman–Crippen MR) is 39.0 cm³/mol. The van der Waals surface area contributed by atoms with Gasteiger partial charge >= 0.3 is 0 Å². The van der Waals surface area contributed by atoms with Gasteiger partial charge in [-0.3, -0.25) is 0 Å². The number of hydrogen-bond acceptors (Lipinski definition) is 0. The highest BCUT2D eigenvalue weighted by Gasteiger charge is 2.02. The summed E-state index contributed by atoms with van der Waals surface area (Å²) in [5.41, 5.74) is 1.26. The maximum atomic E-state index is 4.23. The fourth-order valence-electron chi connectivity index (χ4n) is 0.600. The molecule has 1 radical (unpaired) electrons. The average molecular weight is 144 g/mol. The van der Waals surface area contributed by atoms with Crippen molar-refractivity contribution in [3.05, 3.63) is 11.0 Å². The van der Waals surface area contributed by atoms with E-state index in [0.29, 0.717) is 0 Å². The van der Waals surface area contributed by atoms with Crippen molar-refractivity contribution in [1.82, 2.24) is 5.09 Å². The van der Waals surface area contributed by atoms with E-state index in [4.69, 9.17) is 0 Å². The summed E-state index contributed by atoms with van der Waals surface area (Å²) in [4.78, 5) is 0. The first-order valence-corrected chi connectivity index (χ1v) is 5.11. The Labute approximate surface area is 53.0 Å². The fourth-order valence-corrected chi connectivity index (χ4v) is 3.14. The SMILES string of the molecule is CCC1=C(C)[N]P=P1. The largest absolute Gasteiger partial charge is 0.227 e. The lowest BCUT2D eigenvalue weighted by Crippen LogP contribution is -1.82. The number of rotatable bonds is 1. The molecule has 0 unspecified atom stereocenters. The van der Waals surface area contributed by atoms with Gasteiger partial charge in [-0.15, -0.1) is 0 Å². The van der Waals surface area contributed by atoms with E-state index in [2.05, 4.69) is 18.9 Å². The molecule has 0 aromatic heterocycles. The Kier molecular flexibility index (Phi) is 2.05. The van der Waals surface area contributed by atoms with Gasteiger partial charge in [0.2, 0.25) is 0 Å². The molecule has 0 spiro atoms. The van der Waals surface area contributed by atoms with E-state index in [9.17, 15) is 0 Å². The van der Waals surface area contributed by atoms with Crippen molar-refractivity contribution in [2.24, 2.45) is 0 Å². The van der Waals surface area contributed by atoms with E-state index < -0.39 is 0 Å². The summed E-state index contributed by atoms with van der Waals surface area (Å²) in [5, 5.41) is 5.73. The molecule has 1 rings (SSSR count). The van der Waals surface area contributed by atoms with Crippen molar-refractivity contribution < 1.29 is 0 Å². The predicted octanol–water partition coefficient (Wildman–Crippen LogP) is 2.97. The van der Waals surface area contributed by atoms with E-state index >= 15 is 0 Å². The third-order valence-electron chi connectivity index (χ3n) is 1.11. The fraction of sp³-hybridized carbons (Fsp3) is 0.600. The molecule has 1 aliphatic heterocycles. The first kappa shape index (κ1) is 6.26. The minimum absolute atomic E-state index is 1.17. The van der Waals surface area contributed by atoms with Crippen LogP contribution in [0.15, 0.2) is 11.0 Å². The lowest BCUT2D eigenvalue weighted by Gasteiger charge is -1.90. The Hall–Kier alpha value is 0.140. The molecular weight excluding hydrogens is 136 g/mol. The molecule has 8 heavy (non-hydrogen) atoms. The van der Waals surface area contributed by atoms with E-state index in [-0.39, 0.29) is 0 Å². The Morgan fingerprint density at radius 1 is 1.62 bits per heavy atom. The summed E-state index contributed by atoms with van der Waals surface area (Å²) in [6.45, 7) is 4.27. The van der Waals surface area contributed by atoms with Gasteiger partial charge in [0, 0.05) is 5.31 Å². The van der Waals surface area contributed by atoms with Crippen molar-refractivity contribution in [2.75, 3.05) is 0 Å². The Morgan fingerprint density at radius 2 is 2.38 bits per heavy atom. The van der Waals surface area contributed by atoms with Crippen molar-refractivity contribution in [2.45, 2.75) is 20.3 Å². The molecule has 0 aliphatic carbocycles. The smallest absolute Gasteiger partial charge is 0.0699 e. The third-order valence-corrected chi connectivity index (χ3v) is 3.73. The normalized spacial score (nSPS) is 21.2. The quantitative estimate of drug-likeness (QED) is 0.502. The monoisotopic (exact) mass is 144 g/mol. The van der Waals surface area contributed by atoms with Gasteiger partial charge in [0.15, 0.2) is 0 Å². The maximum Gasteiger partial charge on any atom is 0.0699 e. The Balaban J connectivity index is 2.70. The van der Waals surface area contributed by atoms with Crippen LogP contribution < -0.4 is 5.09 Å². The van der Waals surface area contributed by atoms with Crippen molar-refractivity contribution in [3.8, 4) is 0 Å². The summed E-state index contributed by atoms with van der Waals surface area (Å²) in [6.07, 6.45) is 1.17. The topological polar surface area (TPSA) is 14.1 Å². The summed E-state index contributed by atoms with van der Waals surface area (Å²) in [5.74, 6) is 0. The minimum atomic E-state index is 1.17. The molecule has 1 nitrogen and oxygen atoms in total. The Morgan fingerprint density at radius 3 is 2.62 bits per heavy atom. The lowest BCUT2D eigenvalue weighted by atomic mass is 10.4. The van der Waals surface area contributed by atoms with Crippen molar-refractivity contribution in [3.63, 3.8) is 0 Å². The second-order valence-corrected chi connectivity index (χ2v) is 3.93. The molecule has 1 heterocycles. The molecule has 0 bridgehead atoms. The second kappa shape index (κ2) is 2.62. The number of nitrogens with zero attached hydrogens (tertiary/aromatic N) is 1. The van der Waals surface area contributed by atoms with E-state index in [0.717, 1.165) is 0 Å². The number of allylic oxidation sites excluding steroid dienone is 2. The molecule has 43 valence electrons. The zero-order valence-corrected chi connectivity index (χ0v) is 6.84. The van der Waals surface area contributed by atoms with Gasteiger partial charge in [0.25, 0.3) is 0 Å². The van der Waals surface area contributed by atoms with Gasteiger partial charge < -0.3 is 0 Å². The van der Waals surface area contributed by atoms with Crippen LogP contribution >= 0.6 is 15.9 Å². The van der Waals surface area contributed by atoms with Crippen LogP contribution in [0.5, 0.6) is 0 Å². The summed E-state index contributed by atoms with van der Waals surface area (Å²) in [7, 11) is 2.62. The van der Waals surface area contributed by atoms with Crippen LogP contribution in [0.1, 0.15) is 20.3 Å². The van der Waals surface area contributed by atoms with Crippen LogP contribution in [0.2, 0.25) is 0 Å². The van der Waals surface area contributed by atoms with Gasteiger partial charge in [0.1, 0.15) is 0 Å². The molecule has 0 fully saturated rings. The van der Waals surface area contributed by atoms with Gasteiger partial charge in [0.05, 0.1) is 13.7 Å². The standard InChI is InChI=1S/C5H8NP2/c1-3-5-4(2)6-8-7-5/h3H2,1-2H3. The number of hydrogen-bond donors (Lipinski definition) is 0. The molecule has 0 saturated heterocycles. The van der Waals surface area contributed by atoms with Crippen LogP contribution in [0.3, 0.4) is 0 Å². The Bertz CT molecular complexity index is 149. The molecular formula is C5H8NP2. The summed E-state index contributed by atoms with van der Waals surface area (Å²) < 4.78 is 0. The molecule has 0 atom stereocenters. The first-order chi connectivity index (χ1) is 3.84. The van der Waals surface area contributed by atoms with Gasteiger partial charge in [-0.2, -0.15) is 0 Å². The first-order valence-electron chi connectivity index (χ1n) is 2.66. The highest BCUT2D eigenvalue weighted by molar-refractivity contribution is 7.85. The second-order valence-electron chi connectivity index (χ2n) is 1.68.